The first-order valence-electron chi connectivity index (χ1n) is 5.85. The Morgan fingerprint density at radius 1 is 1.24 bits per heavy atom. The molecule has 17 heavy (non-hydrogen) atoms. The minimum atomic E-state index is -1.21. The fourth-order valence-corrected chi connectivity index (χ4v) is 7.09. The van der Waals surface area contributed by atoms with Crippen molar-refractivity contribution in [1.82, 2.24) is 0 Å². The summed E-state index contributed by atoms with van der Waals surface area (Å²) in [7, 11) is 0. The van der Waals surface area contributed by atoms with Crippen molar-refractivity contribution in [3.63, 3.8) is 0 Å². The van der Waals surface area contributed by atoms with E-state index in [0.29, 0.717) is 4.47 Å². The van der Waals surface area contributed by atoms with E-state index in [2.05, 4.69) is 43.6 Å². The van der Waals surface area contributed by atoms with Crippen LogP contribution in [-0.2, 0) is 0 Å². The van der Waals surface area contributed by atoms with Crippen LogP contribution in [0, 0.1) is 5.82 Å². The summed E-state index contributed by atoms with van der Waals surface area (Å²) in [6.07, 6.45) is 0. The summed E-state index contributed by atoms with van der Waals surface area (Å²) in [6, 6.07) is 4.57. The van der Waals surface area contributed by atoms with Gasteiger partial charge in [-0.2, -0.15) is 0 Å². The Hall–Kier alpha value is -0.0271. The van der Waals surface area contributed by atoms with Gasteiger partial charge in [0.1, 0.15) is 0 Å². The van der Waals surface area contributed by atoms with Crippen LogP contribution in [0.15, 0.2) is 22.7 Å². The molecule has 0 fully saturated rings. The van der Waals surface area contributed by atoms with Gasteiger partial charge in [0.2, 0.25) is 0 Å². The van der Waals surface area contributed by atoms with E-state index in [0.717, 1.165) is 20.7 Å². The van der Waals surface area contributed by atoms with E-state index in [1.54, 1.807) is 6.07 Å². The van der Waals surface area contributed by atoms with Crippen LogP contribution >= 0.6 is 15.9 Å². The van der Waals surface area contributed by atoms with E-state index in [9.17, 15) is 4.39 Å². The van der Waals surface area contributed by atoms with Crippen LogP contribution in [0.25, 0.3) is 0 Å². The van der Waals surface area contributed by atoms with Crippen LogP contribution in [0.4, 0.5) is 4.39 Å². The maximum atomic E-state index is 12.9. The molecular weight excluding hydrogens is 344 g/mol. The Kier molecular flexibility index (Phi) is 6.00. The number of benzene rings is 1. The van der Waals surface area contributed by atoms with Gasteiger partial charge >= 0.3 is 116 Å². The summed E-state index contributed by atoms with van der Waals surface area (Å²) >= 11 is 2.12. The minimum absolute atomic E-state index is 0.242. The third kappa shape index (κ3) is 4.62. The molecule has 0 spiro atoms. The Morgan fingerprint density at radius 2 is 1.82 bits per heavy atom. The van der Waals surface area contributed by atoms with Gasteiger partial charge in [-0.1, -0.05) is 0 Å². The first kappa shape index (κ1) is 15.0. The van der Waals surface area contributed by atoms with Crippen molar-refractivity contribution in [1.29, 1.82) is 0 Å². The van der Waals surface area contributed by atoms with Crippen molar-refractivity contribution in [3.8, 4) is 5.75 Å². The van der Waals surface area contributed by atoms with Gasteiger partial charge in [0.05, 0.1) is 0 Å². The number of hydrogen-bond donors (Lipinski definition) is 0. The van der Waals surface area contributed by atoms with Crippen molar-refractivity contribution in [3.05, 3.63) is 28.5 Å². The molecule has 0 saturated heterocycles. The van der Waals surface area contributed by atoms with E-state index < -0.39 is 14.3 Å². The van der Waals surface area contributed by atoms with Crippen LogP contribution < -0.4 is 4.74 Å². The van der Waals surface area contributed by atoms with Crippen molar-refractivity contribution >= 4 is 30.3 Å². The van der Waals surface area contributed by atoms with E-state index in [-0.39, 0.29) is 5.82 Å². The molecule has 1 rings (SSSR count). The average molecular weight is 363 g/mol. The zero-order chi connectivity index (χ0) is 13.0. The molecule has 0 aliphatic rings. The second-order valence-electron chi connectivity index (χ2n) is 4.75. The fraction of sp³-hybridized carbons (Fsp3) is 0.538. The third-order valence-electron chi connectivity index (χ3n) is 2.77. The first-order valence-corrected chi connectivity index (χ1v) is 10.5. The van der Waals surface area contributed by atoms with Gasteiger partial charge < -0.3 is 0 Å². The molecule has 0 aliphatic carbocycles. The molecule has 0 N–H and O–H groups in total. The van der Waals surface area contributed by atoms with Gasteiger partial charge in [-0.05, 0) is 0 Å². The second kappa shape index (κ2) is 6.79. The van der Waals surface area contributed by atoms with E-state index in [1.165, 1.54) is 12.1 Å². The average Bonchev–Trinajstić information content (AvgIpc) is 2.20. The number of halogens is 2. The van der Waals surface area contributed by atoms with Crippen LogP contribution in [0.3, 0.4) is 0 Å². The Morgan fingerprint density at radius 3 is 2.29 bits per heavy atom. The van der Waals surface area contributed by atoms with Gasteiger partial charge in [0, 0.05) is 0 Å². The van der Waals surface area contributed by atoms with Crippen LogP contribution in [0.5, 0.6) is 5.75 Å². The Labute approximate surface area is 116 Å². The monoisotopic (exact) mass is 363 g/mol. The summed E-state index contributed by atoms with van der Waals surface area (Å²) in [6.45, 7) is 9.10. The molecule has 1 radical (unpaired) electrons. The molecule has 4 heteroatoms. The normalized spacial score (nSPS) is 11.6. The molecule has 1 aromatic rings. The van der Waals surface area contributed by atoms with Gasteiger partial charge in [0.15, 0.2) is 0 Å². The van der Waals surface area contributed by atoms with Crippen LogP contribution in [-0.4, -0.2) is 19.8 Å². The maximum absolute atomic E-state index is 12.9. The van der Waals surface area contributed by atoms with E-state index in [1.807, 2.05) is 0 Å². The molecule has 0 bridgehead atoms. The Bertz CT molecular complexity index is 360. The SMILES string of the molecule is C[CH](C)[Ge]([CH2]Oc1ccc(F)cc1Br)[CH](C)C. The molecule has 0 aliphatic heterocycles. The molecule has 95 valence electrons. The van der Waals surface area contributed by atoms with Crippen molar-refractivity contribution in [2.24, 2.45) is 0 Å². The van der Waals surface area contributed by atoms with Crippen LogP contribution in [0.2, 0.25) is 9.50 Å². The molecule has 1 nitrogen and oxygen atoms in total. The molecule has 0 unspecified atom stereocenters. The zero-order valence-electron chi connectivity index (χ0n) is 10.8. The number of hydrogen-bond acceptors (Lipinski definition) is 1. The summed E-state index contributed by atoms with van der Waals surface area (Å²) in [5, 5.41) is 0. The fourth-order valence-electron chi connectivity index (χ4n) is 1.75. The molecular formula is C13H19BrFGeO. The van der Waals surface area contributed by atoms with Crippen molar-refractivity contribution in [2.45, 2.75) is 37.2 Å². The third-order valence-corrected chi connectivity index (χ3v) is 10.6. The molecule has 0 heterocycles. The number of rotatable bonds is 5. The quantitative estimate of drug-likeness (QED) is 0.682. The topological polar surface area (TPSA) is 9.23 Å². The summed E-state index contributed by atoms with van der Waals surface area (Å²) < 4.78 is 21.0. The second-order valence-corrected chi connectivity index (χ2v) is 13.5. The van der Waals surface area contributed by atoms with Gasteiger partial charge in [0.25, 0.3) is 0 Å². The van der Waals surface area contributed by atoms with E-state index >= 15 is 0 Å². The first-order chi connectivity index (χ1) is 7.91. The Balaban J connectivity index is 2.65. The molecule has 0 saturated carbocycles. The van der Waals surface area contributed by atoms with Crippen molar-refractivity contribution < 1.29 is 9.13 Å². The summed E-state index contributed by atoms with van der Waals surface area (Å²) in [4.78, 5) is 0. The van der Waals surface area contributed by atoms with Gasteiger partial charge in [-0.3, -0.25) is 0 Å². The number of ether oxygens (including phenoxy) is 1. The van der Waals surface area contributed by atoms with Gasteiger partial charge in [-0.15, -0.1) is 0 Å². The van der Waals surface area contributed by atoms with Crippen molar-refractivity contribution in [2.75, 3.05) is 5.44 Å². The predicted molar refractivity (Wildman–Crippen MR) is 75.5 cm³/mol. The summed E-state index contributed by atoms with van der Waals surface area (Å²) in [5.74, 6) is 0.505. The molecule has 0 aromatic heterocycles. The summed E-state index contributed by atoms with van der Waals surface area (Å²) in [5.41, 5.74) is 0.833. The molecule has 0 amide bonds. The molecule has 1 aromatic carbocycles. The van der Waals surface area contributed by atoms with E-state index in [4.69, 9.17) is 4.74 Å². The predicted octanol–water partition coefficient (Wildman–Crippen LogP) is 4.82. The standard InChI is InChI=1S/C13H19BrFGeO/c1-9(2)16(10(3)4)8-17-13-6-5-11(15)7-12(13)14/h5-7,9-10H,8H2,1-4H3. The zero-order valence-corrected chi connectivity index (χ0v) is 14.4. The van der Waals surface area contributed by atoms with Gasteiger partial charge in [-0.25, -0.2) is 0 Å². The molecule has 0 atom stereocenters. The van der Waals surface area contributed by atoms with Crippen LogP contribution in [0.1, 0.15) is 27.7 Å².